The first-order valence-corrected chi connectivity index (χ1v) is 6.81. The van der Waals surface area contributed by atoms with E-state index in [0.29, 0.717) is 0 Å². The summed E-state index contributed by atoms with van der Waals surface area (Å²) in [7, 11) is 0. The molecule has 0 spiro atoms. The third-order valence-corrected chi connectivity index (χ3v) is 3.20. The number of nitrogens with zero attached hydrogens (tertiary/aromatic N) is 1. The van der Waals surface area contributed by atoms with Crippen LogP contribution >= 0.6 is 0 Å². The average Bonchev–Trinajstić information content (AvgIpc) is 2.57. The van der Waals surface area contributed by atoms with Crippen molar-refractivity contribution >= 4 is 12.0 Å². The Labute approximate surface area is 123 Å². The monoisotopic (exact) mass is 304 g/mol. The highest BCUT2D eigenvalue weighted by Crippen LogP contribution is 2.27. The Morgan fingerprint density at radius 3 is 2.14 bits per heavy atom. The van der Waals surface area contributed by atoms with Gasteiger partial charge in [-0.1, -0.05) is 0 Å². The molecule has 0 aliphatic carbocycles. The summed E-state index contributed by atoms with van der Waals surface area (Å²) in [5.74, 6) is -0.326. The van der Waals surface area contributed by atoms with Gasteiger partial charge in [-0.25, -0.2) is 4.79 Å². The molecule has 21 heavy (non-hydrogen) atoms. The molecule has 8 heteroatoms. The van der Waals surface area contributed by atoms with Crippen molar-refractivity contribution in [3.8, 4) is 0 Å². The van der Waals surface area contributed by atoms with Crippen molar-refractivity contribution in [2.45, 2.75) is 57.6 Å². The molecule has 2 amide bonds. The van der Waals surface area contributed by atoms with Crippen LogP contribution in [0, 0.1) is 0 Å². The first-order chi connectivity index (χ1) is 9.58. The van der Waals surface area contributed by atoms with Crippen LogP contribution in [0.15, 0.2) is 0 Å². The Morgan fingerprint density at radius 1 is 1.19 bits per heavy atom. The van der Waals surface area contributed by atoms with Crippen molar-refractivity contribution in [2.24, 2.45) is 0 Å². The second-order valence-corrected chi connectivity index (χ2v) is 6.12. The Hall–Kier alpha value is -1.38. The zero-order valence-corrected chi connectivity index (χ0v) is 12.7. The Kier molecular flexibility index (Phi) is 5.54. The number of aliphatic hydroxyl groups excluding tert-OH is 3. The van der Waals surface area contributed by atoms with Crippen molar-refractivity contribution in [1.82, 2.24) is 10.2 Å². The van der Waals surface area contributed by atoms with E-state index >= 15 is 0 Å². The fraction of sp³-hybridized carbons (Fsp3) is 0.846. The number of rotatable bonds is 3. The van der Waals surface area contributed by atoms with Crippen LogP contribution in [-0.2, 0) is 9.53 Å². The number of hydrogen-bond acceptors (Lipinski definition) is 6. The van der Waals surface area contributed by atoms with Crippen LogP contribution in [0.3, 0.4) is 0 Å². The van der Waals surface area contributed by atoms with E-state index in [1.807, 2.05) is 0 Å². The number of likely N-dealkylation sites (tertiary alicyclic amines) is 1. The van der Waals surface area contributed by atoms with Crippen molar-refractivity contribution in [2.75, 3.05) is 13.2 Å². The third-order valence-electron chi connectivity index (χ3n) is 3.20. The molecule has 4 atom stereocenters. The van der Waals surface area contributed by atoms with Crippen LogP contribution in [0.5, 0.6) is 0 Å². The number of carbonyl (C=O) groups is 2. The lowest BCUT2D eigenvalue weighted by molar-refractivity contribution is -0.119. The standard InChI is InChI=1S/C13H24N2O6/c1-7(17)14-5-8-10(18)11(19)9(6-16)15(8)12(20)21-13(2,3)4/h8-11,16,18-19H,5-6H2,1-4H3,(H,14,17)/t8-,9-,10-,11-/m1/s1. The first kappa shape index (κ1) is 17.7. The number of amides is 2. The minimum atomic E-state index is -1.30. The fourth-order valence-corrected chi connectivity index (χ4v) is 2.28. The van der Waals surface area contributed by atoms with Gasteiger partial charge in [-0.3, -0.25) is 9.69 Å². The summed E-state index contributed by atoms with van der Waals surface area (Å²) in [6, 6.07) is -1.84. The lowest BCUT2D eigenvalue weighted by atomic mass is 10.1. The zero-order valence-electron chi connectivity index (χ0n) is 12.7. The molecule has 1 saturated heterocycles. The van der Waals surface area contributed by atoms with Crippen molar-refractivity contribution < 1.29 is 29.6 Å². The van der Waals surface area contributed by atoms with E-state index in [4.69, 9.17) is 4.74 Å². The van der Waals surface area contributed by atoms with Crippen LogP contribution in [0.4, 0.5) is 4.79 Å². The smallest absolute Gasteiger partial charge is 0.411 e. The molecule has 0 aromatic carbocycles. The molecule has 122 valence electrons. The molecule has 1 heterocycles. The Balaban J connectivity index is 2.95. The molecule has 1 aliphatic heterocycles. The van der Waals surface area contributed by atoms with E-state index in [0.717, 1.165) is 4.90 Å². The topological polar surface area (TPSA) is 119 Å². The maximum atomic E-state index is 12.2. The minimum Gasteiger partial charge on any atom is -0.444 e. The summed E-state index contributed by atoms with van der Waals surface area (Å²) in [6.07, 6.45) is -3.34. The van der Waals surface area contributed by atoms with Crippen molar-refractivity contribution in [3.63, 3.8) is 0 Å². The van der Waals surface area contributed by atoms with E-state index in [2.05, 4.69) is 5.32 Å². The number of carbonyl (C=O) groups excluding carboxylic acids is 2. The molecule has 1 fully saturated rings. The van der Waals surface area contributed by atoms with Gasteiger partial charge in [0.2, 0.25) is 5.91 Å². The highest BCUT2D eigenvalue weighted by Gasteiger charge is 2.50. The molecule has 0 saturated carbocycles. The second-order valence-electron chi connectivity index (χ2n) is 6.12. The van der Waals surface area contributed by atoms with Crippen LogP contribution < -0.4 is 5.32 Å². The zero-order chi connectivity index (χ0) is 16.4. The average molecular weight is 304 g/mol. The molecule has 8 nitrogen and oxygen atoms in total. The van der Waals surface area contributed by atoms with E-state index in [-0.39, 0.29) is 12.5 Å². The fourth-order valence-electron chi connectivity index (χ4n) is 2.28. The van der Waals surface area contributed by atoms with Crippen molar-refractivity contribution in [1.29, 1.82) is 0 Å². The molecule has 0 bridgehead atoms. The van der Waals surface area contributed by atoms with E-state index in [1.165, 1.54) is 6.92 Å². The van der Waals surface area contributed by atoms with Gasteiger partial charge in [0, 0.05) is 13.5 Å². The molecule has 0 aromatic rings. The summed E-state index contributed by atoms with van der Waals surface area (Å²) in [6.45, 7) is 5.80. The predicted octanol–water partition coefficient (Wildman–Crippen LogP) is -1.18. The molecule has 1 rings (SSSR count). The molecule has 4 N–H and O–H groups in total. The largest absolute Gasteiger partial charge is 0.444 e. The van der Waals surface area contributed by atoms with Gasteiger partial charge in [0.25, 0.3) is 0 Å². The molecule has 0 unspecified atom stereocenters. The normalized spacial score (nSPS) is 29.4. The van der Waals surface area contributed by atoms with Gasteiger partial charge in [0.05, 0.1) is 18.7 Å². The minimum absolute atomic E-state index is 0.0384. The molecular weight excluding hydrogens is 280 g/mol. The third kappa shape index (κ3) is 4.29. The highest BCUT2D eigenvalue weighted by molar-refractivity contribution is 5.73. The van der Waals surface area contributed by atoms with Crippen molar-refractivity contribution in [3.05, 3.63) is 0 Å². The van der Waals surface area contributed by atoms with Gasteiger partial charge >= 0.3 is 6.09 Å². The number of ether oxygens (including phenoxy) is 1. The van der Waals surface area contributed by atoms with Crippen LogP contribution in [-0.4, -0.2) is 75.3 Å². The van der Waals surface area contributed by atoms with Crippen LogP contribution in [0.1, 0.15) is 27.7 Å². The van der Waals surface area contributed by atoms with Gasteiger partial charge in [0.1, 0.15) is 17.8 Å². The van der Waals surface area contributed by atoms with Gasteiger partial charge in [-0.05, 0) is 20.8 Å². The number of aliphatic hydroxyl groups is 3. The lowest BCUT2D eigenvalue weighted by Crippen LogP contribution is -2.51. The van der Waals surface area contributed by atoms with E-state index in [9.17, 15) is 24.9 Å². The summed E-state index contributed by atoms with van der Waals surface area (Å²) in [5.41, 5.74) is -0.756. The summed E-state index contributed by atoms with van der Waals surface area (Å²) in [5, 5.41) is 31.8. The van der Waals surface area contributed by atoms with Gasteiger partial charge in [-0.2, -0.15) is 0 Å². The molecule has 0 radical (unpaired) electrons. The van der Waals surface area contributed by atoms with Crippen LogP contribution in [0.25, 0.3) is 0 Å². The molecular formula is C13H24N2O6. The van der Waals surface area contributed by atoms with Gasteiger partial charge in [0.15, 0.2) is 0 Å². The van der Waals surface area contributed by atoms with Gasteiger partial charge < -0.3 is 25.4 Å². The number of hydrogen-bond donors (Lipinski definition) is 4. The highest BCUT2D eigenvalue weighted by atomic mass is 16.6. The summed E-state index contributed by atoms with van der Waals surface area (Å²) in [4.78, 5) is 24.3. The Bertz CT molecular complexity index is 395. The quantitative estimate of drug-likeness (QED) is 0.521. The lowest BCUT2D eigenvalue weighted by Gasteiger charge is -2.32. The maximum absolute atomic E-state index is 12.2. The second kappa shape index (κ2) is 6.59. The summed E-state index contributed by atoms with van der Waals surface area (Å²) < 4.78 is 5.23. The number of nitrogens with one attached hydrogen (secondary N) is 1. The predicted molar refractivity (Wildman–Crippen MR) is 73.4 cm³/mol. The molecule has 0 aromatic heterocycles. The van der Waals surface area contributed by atoms with E-state index in [1.54, 1.807) is 20.8 Å². The van der Waals surface area contributed by atoms with Gasteiger partial charge in [-0.15, -0.1) is 0 Å². The van der Waals surface area contributed by atoms with E-state index < -0.39 is 42.6 Å². The molecule has 1 aliphatic rings. The summed E-state index contributed by atoms with van der Waals surface area (Å²) >= 11 is 0. The maximum Gasteiger partial charge on any atom is 0.411 e. The van der Waals surface area contributed by atoms with Crippen LogP contribution in [0.2, 0.25) is 0 Å². The SMILES string of the molecule is CC(=O)NC[C@@H]1[C@@H](O)[C@H](O)[C@@H](CO)N1C(=O)OC(C)(C)C. The first-order valence-electron chi connectivity index (χ1n) is 6.81. The Morgan fingerprint density at radius 2 is 1.71 bits per heavy atom.